The Morgan fingerprint density at radius 3 is 2.56 bits per heavy atom. The van der Waals surface area contributed by atoms with E-state index in [2.05, 4.69) is 31.0 Å². The smallest absolute Gasteiger partial charge is 0.319 e. The lowest BCUT2D eigenvalue weighted by atomic mass is 10.4. The highest BCUT2D eigenvalue weighted by Gasteiger charge is 2.07. The number of anilines is 2. The molecule has 0 saturated carbocycles. The Kier molecular flexibility index (Phi) is 4.95. The van der Waals surface area contributed by atoms with E-state index in [9.17, 15) is 9.59 Å². The zero-order valence-corrected chi connectivity index (χ0v) is 13.1. The zero-order chi connectivity index (χ0) is 17.5. The van der Waals surface area contributed by atoms with Gasteiger partial charge in [0.15, 0.2) is 5.82 Å². The van der Waals surface area contributed by atoms with Gasteiger partial charge in [0.2, 0.25) is 5.91 Å². The van der Waals surface area contributed by atoms with E-state index < -0.39 is 6.03 Å². The van der Waals surface area contributed by atoms with Gasteiger partial charge in [0.1, 0.15) is 0 Å². The van der Waals surface area contributed by atoms with Crippen molar-refractivity contribution < 1.29 is 9.59 Å². The van der Waals surface area contributed by atoms with E-state index >= 15 is 0 Å². The number of hydrogen-bond acceptors (Lipinski definition) is 5. The van der Waals surface area contributed by atoms with Gasteiger partial charge in [0.25, 0.3) is 0 Å². The molecule has 9 heteroatoms. The highest BCUT2D eigenvalue weighted by atomic mass is 16.2. The predicted octanol–water partition coefficient (Wildman–Crippen LogP) is 1.42. The Bertz CT molecular complexity index is 833. The number of urea groups is 1. The number of pyridine rings is 2. The van der Waals surface area contributed by atoms with Crippen molar-refractivity contribution in [3.05, 3.63) is 61.3 Å². The molecule has 9 nitrogen and oxygen atoms in total. The van der Waals surface area contributed by atoms with Crippen LogP contribution in [0.5, 0.6) is 0 Å². The zero-order valence-electron chi connectivity index (χ0n) is 13.1. The average Bonchev–Trinajstić information content (AvgIpc) is 3.16. The van der Waals surface area contributed by atoms with Crippen LogP contribution in [0.4, 0.5) is 16.2 Å². The summed E-state index contributed by atoms with van der Waals surface area (Å²) in [6, 6.07) is 8.11. The molecule has 3 amide bonds. The second-order valence-corrected chi connectivity index (χ2v) is 4.95. The minimum absolute atomic E-state index is 0.167. The molecule has 0 saturated heterocycles. The van der Waals surface area contributed by atoms with Gasteiger partial charge in [-0.05, 0) is 30.3 Å². The summed E-state index contributed by atoms with van der Waals surface area (Å²) in [4.78, 5) is 31.6. The van der Waals surface area contributed by atoms with Gasteiger partial charge in [0, 0.05) is 18.6 Å². The minimum atomic E-state index is -0.505. The van der Waals surface area contributed by atoms with Crippen molar-refractivity contribution >= 4 is 23.3 Å². The van der Waals surface area contributed by atoms with Gasteiger partial charge in [-0.2, -0.15) is 5.10 Å². The van der Waals surface area contributed by atoms with Crippen LogP contribution in [0, 0.1) is 0 Å². The summed E-state index contributed by atoms with van der Waals surface area (Å²) in [6.45, 7) is -0.167. The van der Waals surface area contributed by atoms with Crippen LogP contribution in [0.25, 0.3) is 5.82 Å². The molecule has 0 fully saturated rings. The normalized spacial score (nSPS) is 10.1. The van der Waals surface area contributed by atoms with Crippen LogP contribution in [0.1, 0.15) is 0 Å². The molecule has 3 N–H and O–H groups in total. The standard InChI is InChI=1S/C16H15N7O2/c24-15(21-12-3-1-6-17-9-12)11-19-16(25)22-13-4-5-14(18-10-13)23-8-2-7-20-23/h1-10H,11H2,(H,21,24)(H2,19,22,25). The molecule has 0 aliphatic rings. The van der Waals surface area contributed by atoms with E-state index in [1.807, 2.05) is 0 Å². The molecule has 0 spiro atoms. The van der Waals surface area contributed by atoms with E-state index in [4.69, 9.17) is 0 Å². The van der Waals surface area contributed by atoms with Crippen molar-refractivity contribution in [1.82, 2.24) is 25.1 Å². The van der Waals surface area contributed by atoms with Crippen molar-refractivity contribution in [3.8, 4) is 5.82 Å². The number of carbonyl (C=O) groups excluding carboxylic acids is 2. The van der Waals surface area contributed by atoms with Gasteiger partial charge in [-0.15, -0.1) is 0 Å². The number of nitrogens with one attached hydrogen (secondary N) is 3. The van der Waals surface area contributed by atoms with Gasteiger partial charge in [0.05, 0.1) is 30.3 Å². The van der Waals surface area contributed by atoms with Crippen molar-refractivity contribution in [2.75, 3.05) is 17.2 Å². The molecular formula is C16H15N7O2. The van der Waals surface area contributed by atoms with Gasteiger partial charge < -0.3 is 16.0 Å². The number of amides is 3. The number of aromatic nitrogens is 4. The third-order valence-electron chi connectivity index (χ3n) is 3.10. The molecule has 0 aliphatic carbocycles. The molecule has 0 aliphatic heterocycles. The quantitative estimate of drug-likeness (QED) is 0.651. The Labute approximate surface area is 143 Å². The summed E-state index contributed by atoms with van der Waals surface area (Å²) in [6.07, 6.45) is 8.05. The molecule has 0 aromatic carbocycles. The monoisotopic (exact) mass is 337 g/mol. The first-order chi connectivity index (χ1) is 12.2. The van der Waals surface area contributed by atoms with E-state index in [1.165, 1.54) is 12.4 Å². The largest absolute Gasteiger partial charge is 0.329 e. The Morgan fingerprint density at radius 1 is 1.00 bits per heavy atom. The molecule has 25 heavy (non-hydrogen) atoms. The molecular weight excluding hydrogens is 322 g/mol. The lowest BCUT2D eigenvalue weighted by Gasteiger charge is -2.08. The second-order valence-electron chi connectivity index (χ2n) is 4.95. The fourth-order valence-corrected chi connectivity index (χ4v) is 1.98. The average molecular weight is 337 g/mol. The second kappa shape index (κ2) is 7.68. The van der Waals surface area contributed by atoms with Gasteiger partial charge in [-0.25, -0.2) is 14.5 Å². The summed E-state index contributed by atoms with van der Waals surface area (Å²) < 4.78 is 1.60. The van der Waals surface area contributed by atoms with Crippen LogP contribution in [-0.4, -0.2) is 38.2 Å². The lowest BCUT2D eigenvalue weighted by molar-refractivity contribution is -0.115. The summed E-state index contributed by atoms with van der Waals surface area (Å²) in [5.41, 5.74) is 1.06. The highest BCUT2D eigenvalue weighted by molar-refractivity contribution is 5.96. The van der Waals surface area contributed by atoms with Gasteiger partial charge >= 0.3 is 6.03 Å². The topological polar surface area (TPSA) is 114 Å². The Hall–Kier alpha value is -3.75. The first kappa shape index (κ1) is 16.1. The predicted molar refractivity (Wildman–Crippen MR) is 91.2 cm³/mol. The fraction of sp³-hybridized carbons (Fsp3) is 0.0625. The highest BCUT2D eigenvalue weighted by Crippen LogP contribution is 2.08. The van der Waals surface area contributed by atoms with E-state index in [0.29, 0.717) is 17.2 Å². The summed E-state index contributed by atoms with van der Waals surface area (Å²) >= 11 is 0. The van der Waals surface area contributed by atoms with Crippen molar-refractivity contribution in [2.24, 2.45) is 0 Å². The van der Waals surface area contributed by atoms with Crippen molar-refractivity contribution in [2.45, 2.75) is 0 Å². The first-order valence-corrected chi connectivity index (χ1v) is 7.41. The van der Waals surface area contributed by atoms with Crippen LogP contribution >= 0.6 is 0 Å². The van der Waals surface area contributed by atoms with Gasteiger partial charge in [-0.1, -0.05) is 0 Å². The Balaban J connectivity index is 1.47. The molecule has 3 heterocycles. The van der Waals surface area contributed by atoms with Crippen LogP contribution in [-0.2, 0) is 4.79 Å². The lowest BCUT2D eigenvalue weighted by Crippen LogP contribution is -2.35. The van der Waals surface area contributed by atoms with Gasteiger partial charge in [-0.3, -0.25) is 9.78 Å². The van der Waals surface area contributed by atoms with Crippen LogP contribution in [0.3, 0.4) is 0 Å². The van der Waals surface area contributed by atoms with Crippen LogP contribution in [0.2, 0.25) is 0 Å². The maximum Gasteiger partial charge on any atom is 0.319 e. The molecule has 0 bridgehead atoms. The van der Waals surface area contributed by atoms with E-state index in [1.54, 1.807) is 53.6 Å². The summed E-state index contributed by atoms with van der Waals surface area (Å²) in [5, 5.41) is 11.7. The summed E-state index contributed by atoms with van der Waals surface area (Å²) in [5.74, 6) is 0.280. The SMILES string of the molecule is O=C(CNC(=O)Nc1ccc(-n2cccn2)nc1)Nc1cccnc1. The third-order valence-corrected chi connectivity index (χ3v) is 3.10. The maximum absolute atomic E-state index is 11.8. The number of nitrogens with zero attached hydrogens (tertiary/aromatic N) is 4. The maximum atomic E-state index is 11.8. The Morgan fingerprint density at radius 2 is 1.88 bits per heavy atom. The van der Waals surface area contributed by atoms with Crippen molar-refractivity contribution in [1.29, 1.82) is 0 Å². The van der Waals surface area contributed by atoms with Crippen LogP contribution in [0.15, 0.2) is 61.3 Å². The molecule has 3 aromatic rings. The van der Waals surface area contributed by atoms with E-state index in [-0.39, 0.29) is 12.5 Å². The molecule has 3 rings (SSSR count). The number of hydrogen-bond donors (Lipinski definition) is 3. The third kappa shape index (κ3) is 4.61. The van der Waals surface area contributed by atoms with Crippen LogP contribution < -0.4 is 16.0 Å². The minimum Gasteiger partial charge on any atom is -0.329 e. The number of carbonyl (C=O) groups is 2. The van der Waals surface area contributed by atoms with E-state index in [0.717, 1.165) is 0 Å². The van der Waals surface area contributed by atoms with Crippen molar-refractivity contribution in [3.63, 3.8) is 0 Å². The number of rotatable bonds is 5. The molecule has 0 radical (unpaired) electrons. The summed E-state index contributed by atoms with van der Waals surface area (Å²) in [7, 11) is 0. The fourth-order valence-electron chi connectivity index (χ4n) is 1.98. The molecule has 126 valence electrons. The molecule has 0 atom stereocenters. The molecule has 0 unspecified atom stereocenters. The first-order valence-electron chi connectivity index (χ1n) is 7.41. The molecule has 3 aromatic heterocycles.